The van der Waals surface area contributed by atoms with Gasteiger partial charge < -0.3 is 5.32 Å². The molecule has 0 amide bonds. The summed E-state index contributed by atoms with van der Waals surface area (Å²) < 4.78 is 56.5. The fourth-order valence-corrected chi connectivity index (χ4v) is 3.50. The Bertz CT molecular complexity index is 820. The highest BCUT2D eigenvalue weighted by atomic mass is 31.1. The molecule has 2 aromatic carbocycles. The number of aryl methyl sites for hydroxylation is 2. The van der Waals surface area contributed by atoms with E-state index in [4.69, 9.17) is 4.89 Å². The van der Waals surface area contributed by atoms with E-state index < -0.39 is 19.9 Å². The summed E-state index contributed by atoms with van der Waals surface area (Å²) in [5.41, 5.74) is 1.60. The zero-order valence-corrected chi connectivity index (χ0v) is 17.8. The molecule has 0 aliphatic carbocycles. The second-order valence-electron chi connectivity index (χ2n) is 7.18. The van der Waals surface area contributed by atoms with Crippen LogP contribution in [-0.2, 0) is 28.5 Å². The Morgan fingerprint density at radius 2 is 1.60 bits per heavy atom. The largest absolute Gasteiger partial charge is 0.694 e. The van der Waals surface area contributed by atoms with Crippen LogP contribution in [0, 0.1) is 17.5 Å². The third kappa shape index (κ3) is 9.35. The van der Waals surface area contributed by atoms with Gasteiger partial charge in [0.1, 0.15) is 24.1 Å². The maximum Gasteiger partial charge on any atom is 0.694 e. The average molecular weight is 442 g/mol. The minimum Gasteiger partial charge on any atom is -0.312 e. The van der Waals surface area contributed by atoms with Crippen molar-refractivity contribution in [3.8, 4) is 0 Å². The van der Waals surface area contributed by atoms with Gasteiger partial charge in [0.2, 0.25) is 0 Å². The minimum atomic E-state index is -2.60. The van der Waals surface area contributed by atoms with E-state index in [0.29, 0.717) is 24.9 Å². The summed E-state index contributed by atoms with van der Waals surface area (Å²) in [7, 11) is -2.60. The monoisotopic (exact) mass is 442 g/mol. The normalized spacial score (nSPS) is 11.7. The van der Waals surface area contributed by atoms with Gasteiger partial charge in [-0.15, -0.1) is 9.42 Å². The summed E-state index contributed by atoms with van der Waals surface area (Å²) in [5.74, 6) is -1.08. The molecule has 2 rings (SSSR count). The standard InChI is InChI=1S/C22H27F3NO3P/c23-20-10-5-8-17(13-20)7-3-1-2-4-9-18-14-22(25)19(15-21(18)24)16-26-11-6-12-29-30(27)28/h5,8,10,13-15,26H,1-4,6-7,9,11-12,16H2/p+1. The first-order valence-electron chi connectivity index (χ1n) is 10.2. The molecule has 0 fully saturated rings. The second-order valence-corrected chi connectivity index (χ2v) is 7.91. The van der Waals surface area contributed by atoms with Crippen LogP contribution in [0.1, 0.15) is 48.8 Å². The van der Waals surface area contributed by atoms with Crippen LogP contribution in [-0.4, -0.2) is 18.0 Å². The highest BCUT2D eigenvalue weighted by molar-refractivity contribution is 7.32. The molecular weight excluding hydrogens is 414 g/mol. The van der Waals surface area contributed by atoms with Gasteiger partial charge in [-0.1, -0.05) is 25.0 Å². The Morgan fingerprint density at radius 3 is 2.33 bits per heavy atom. The van der Waals surface area contributed by atoms with Crippen LogP contribution in [0.15, 0.2) is 36.4 Å². The van der Waals surface area contributed by atoms with Gasteiger partial charge in [0.25, 0.3) is 0 Å². The van der Waals surface area contributed by atoms with E-state index in [0.717, 1.165) is 37.7 Å². The van der Waals surface area contributed by atoms with E-state index in [-0.39, 0.29) is 24.5 Å². The van der Waals surface area contributed by atoms with Gasteiger partial charge in [0, 0.05) is 16.7 Å². The molecule has 0 aliphatic heterocycles. The molecule has 1 unspecified atom stereocenters. The highest BCUT2D eigenvalue weighted by Crippen LogP contribution is 2.18. The molecule has 1 atom stereocenters. The Kier molecular flexibility index (Phi) is 11.0. The lowest BCUT2D eigenvalue weighted by Gasteiger charge is -2.09. The topological polar surface area (TPSA) is 58.6 Å². The summed E-state index contributed by atoms with van der Waals surface area (Å²) in [5, 5.41) is 2.96. The fourth-order valence-electron chi connectivity index (χ4n) is 3.21. The van der Waals surface area contributed by atoms with Gasteiger partial charge in [-0.2, -0.15) is 0 Å². The molecule has 0 heterocycles. The van der Waals surface area contributed by atoms with Gasteiger partial charge in [-0.05, 0) is 74.0 Å². The number of nitrogens with one attached hydrogen (secondary N) is 1. The molecule has 2 N–H and O–H groups in total. The van der Waals surface area contributed by atoms with Crippen molar-refractivity contribution in [3.05, 3.63) is 70.5 Å². The minimum absolute atomic E-state index is 0.122. The van der Waals surface area contributed by atoms with Crippen LogP contribution in [0.3, 0.4) is 0 Å². The predicted octanol–water partition coefficient (Wildman–Crippen LogP) is 5.60. The molecule has 0 bridgehead atoms. The van der Waals surface area contributed by atoms with E-state index in [9.17, 15) is 17.7 Å². The molecule has 2 aromatic rings. The lowest BCUT2D eigenvalue weighted by atomic mass is 10.0. The van der Waals surface area contributed by atoms with Crippen LogP contribution >= 0.6 is 8.25 Å². The van der Waals surface area contributed by atoms with Gasteiger partial charge in [0.05, 0.1) is 0 Å². The van der Waals surface area contributed by atoms with Gasteiger partial charge in [-0.25, -0.2) is 13.2 Å². The van der Waals surface area contributed by atoms with E-state index in [2.05, 4.69) is 9.84 Å². The molecule has 0 aliphatic rings. The summed E-state index contributed by atoms with van der Waals surface area (Å²) >= 11 is 0. The van der Waals surface area contributed by atoms with Crippen molar-refractivity contribution < 1.29 is 27.2 Å². The Balaban J connectivity index is 1.66. The molecule has 0 aromatic heterocycles. The molecular formula is C22H28F3NO3P+. The van der Waals surface area contributed by atoms with E-state index in [1.54, 1.807) is 12.1 Å². The Hall–Kier alpha value is -1.79. The number of unbranched alkanes of at least 4 members (excludes halogenated alkanes) is 3. The van der Waals surface area contributed by atoms with Crippen molar-refractivity contribution in [2.45, 2.75) is 51.5 Å². The third-order valence-electron chi connectivity index (χ3n) is 4.78. The summed E-state index contributed by atoms with van der Waals surface area (Å²) in [6.45, 7) is 0.757. The summed E-state index contributed by atoms with van der Waals surface area (Å²) in [6, 6.07) is 9.07. The SMILES string of the molecule is O=[P+](O)OCCCNCc1cc(F)c(CCCCCCc2cccc(F)c2)cc1F. The fraction of sp³-hybridized carbons (Fsp3) is 0.455. The maximum atomic E-state index is 14.3. The van der Waals surface area contributed by atoms with Crippen LogP contribution in [0.5, 0.6) is 0 Å². The number of hydrogen-bond donors (Lipinski definition) is 2. The number of hydrogen-bond acceptors (Lipinski definition) is 3. The quantitative estimate of drug-likeness (QED) is 0.296. The number of rotatable bonds is 14. The lowest BCUT2D eigenvalue weighted by molar-refractivity contribution is 0.276. The molecule has 0 spiro atoms. The summed E-state index contributed by atoms with van der Waals surface area (Å²) in [4.78, 5) is 8.50. The molecule has 8 heteroatoms. The molecule has 30 heavy (non-hydrogen) atoms. The summed E-state index contributed by atoms with van der Waals surface area (Å²) in [6.07, 6.45) is 5.34. The van der Waals surface area contributed by atoms with Gasteiger partial charge in [-0.3, -0.25) is 0 Å². The first kappa shape index (κ1) is 24.5. The zero-order chi connectivity index (χ0) is 21.8. The van der Waals surface area contributed by atoms with E-state index in [1.165, 1.54) is 18.2 Å². The van der Waals surface area contributed by atoms with Crippen molar-refractivity contribution in [1.82, 2.24) is 5.32 Å². The van der Waals surface area contributed by atoms with Gasteiger partial charge in [0.15, 0.2) is 0 Å². The van der Waals surface area contributed by atoms with Crippen molar-refractivity contribution in [3.63, 3.8) is 0 Å². The van der Waals surface area contributed by atoms with Gasteiger partial charge >= 0.3 is 8.25 Å². The Labute approximate surface area is 176 Å². The highest BCUT2D eigenvalue weighted by Gasteiger charge is 2.11. The molecule has 0 saturated carbocycles. The van der Waals surface area contributed by atoms with Crippen LogP contribution < -0.4 is 5.32 Å². The molecule has 0 radical (unpaired) electrons. The zero-order valence-electron chi connectivity index (χ0n) is 16.9. The molecule has 0 saturated heterocycles. The Morgan fingerprint density at radius 1 is 0.900 bits per heavy atom. The smallest absolute Gasteiger partial charge is 0.312 e. The average Bonchev–Trinajstić information content (AvgIpc) is 2.70. The first-order valence-corrected chi connectivity index (χ1v) is 11.3. The second kappa shape index (κ2) is 13.5. The third-order valence-corrected chi connectivity index (χ3v) is 5.18. The van der Waals surface area contributed by atoms with Crippen molar-refractivity contribution in [1.29, 1.82) is 0 Å². The first-order chi connectivity index (χ1) is 14.5. The van der Waals surface area contributed by atoms with Crippen LogP contribution in [0.2, 0.25) is 0 Å². The lowest BCUT2D eigenvalue weighted by Crippen LogP contribution is -2.17. The van der Waals surface area contributed by atoms with E-state index >= 15 is 0 Å². The van der Waals surface area contributed by atoms with Crippen LogP contribution in [0.4, 0.5) is 13.2 Å². The van der Waals surface area contributed by atoms with Crippen molar-refractivity contribution >= 4 is 8.25 Å². The number of halogens is 3. The molecule has 4 nitrogen and oxygen atoms in total. The van der Waals surface area contributed by atoms with Crippen LogP contribution in [0.25, 0.3) is 0 Å². The van der Waals surface area contributed by atoms with Crippen molar-refractivity contribution in [2.24, 2.45) is 0 Å². The maximum absolute atomic E-state index is 14.3. The predicted molar refractivity (Wildman–Crippen MR) is 111 cm³/mol. The number of benzene rings is 2. The molecule has 164 valence electrons. The van der Waals surface area contributed by atoms with Crippen molar-refractivity contribution in [2.75, 3.05) is 13.2 Å². The van der Waals surface area contributed by atoms with E-state index in [1.807, 2.05) is 6.07 Å².